The van der Waals surface area contributed by atoms with Crippen LogP contribution in [0.3, 0.4) is 0 Å². The van der Waals surface area contributed by atoms with Gasteiger partial charge in [0.05, 0.1) is 32.0 Å². The summed E-state index contributed by atoms with van der Waals surface area (Å²) in [5.74, 6) is -0.493. The molecule has 10 heteroatoms. The topological polar surface area (TPSA) is 71.8 Å². The van der Waals surface area contributed by atoms with Gasteiger partial charge in [-0.1, -0.05) is 59.1 Å². The SMILES string of the molecule is O=C(NC(=S)Nc1cc2nn(-c3ccccc3)nc2cc1Cl)c1cccc(Cl)c1Cl. The predicted molar refractivity (Wildman–Crippen MR) is 124 cm³/mol. The quantitative estimate of drug-likeness (QED) is 0.382. The summed E-state index contributed by atoms with van der Waals surface area (Å²) in [5, 5.41) is 15.2. The van der Waals surface area contributed by atoms with Crippen molar-refractivity contribution in [2.75, 3.05) is 5.32 Å². The van der Waals surface area contributed by atoms with Crippen LogP contribution in [-0.4, -0.2) is 26.0 Å². The van der Waals surface area contributed by atoms with Gasteiger partial charge in [-0.25, -0.2) is 0 Å². The van der Waals surface area contributed by atoms with Gasteiger partial charge in [-0.3, -0.25) is 10.1 Å². The van der Waals surface area contributed by atoms with Gasteiger partial charge in [-0.15, -0.1) is 10.2 Å². The number of carbonyl (C=O) groups excluding carboxylic acids is 1. The zero-order valence-electron chi connectivity index (χ0n) is 15.1. The average Bonchev–Trinajstić information content (AvgIpc) is 3.13. The van der Waals surface area contributed by atoms with Gasteiger partial charge in [0.1, 0.15) is 11.0 Å². The Hall–Kier alpha value is -2.71. The van der Waals surface area contributed by atoms with Crippen molar-refractivity contribution < 1.29 is 4.79 Å². The number of aromatic nitrogens is 3. The number of nitrogens with one attached hydrogen (secondary N) is 2. The zero-order valence-corrected chi connectivity index (χ0v) is 18.1. The third-order valence-electron chi connectivity index (χ3n) is 4.13. The number of hydrogen-bond acceptors (Lipinski definition) is 4. The molecule has 6 nitrogen and oxygen atoms in total. The number of thiocarbonyl (C=S) groups is 1. The molecule has 1 heterocycles. The first kappa shape index (κ1) is 20.6. The second-order valence-electron chi connectivity index (χ2n) is 6.16. The highest BCUT2D eigenvalue weighted by Gasteiger charge is 2.15. The number of rotatable bonds is 3. The number of carbonyl (C=O) groups is 1. The zero-order chi connectivity index (χ0) is 21.3. The van der Waals surface area contributed by atoms with E-state index in [9.17, 15) is 4.79 Å². The second-order valence-corrected chi connectivity index (χ2v) is 7.76. The highest BCUT2D eigenvalue weighted by molar-refractivity contribution is 7.80. The van der Waals surface area contributed by atoms with Gasteiger partial charge in [0.25, 0.3) is 5.91 Å². The van der Waals surface area contributed by atoms with E-state index in [0.29, 0.717) is 21.7 Å². The summed E-state index contributed by atoms with van der Waals surface area (Å²) in [6, 6.07) is 17.6. The maximum atomic E-state index is 12.4. The minimum Gasteiger partial charge on any atom is -0.331 e. The van der Waals surface area contributed by atoms with Crippen LogP contribution in [0.1, 0.15) is 10.4 Å². The molecular formula is C20H12Cl3N5OS. The molecule has 0 aliphatic carbocycles. The van der Waals surface area contributed by atoms with E-state index in [-0.39, 0.29) is 20.7 Å². The summed E-state index contributed by atoms with van der Waals surface area (Å²) in [4.78, 5) is 14.0. The number of amides is 1. The van der Waals surface area contributed by atoms with Gasteiger partial charge < -0.3 is 5.32 Å². The lowest BCUT2D eigenvalue weighted by Crippen LogP contribution is -2.34. The molecule has 30 heavy (non-hydrogen) atoms. The molecule has 0 saturated carbocycles. The van der Waals surface area contributed by atoms with Gasteiger partial charge in [0.15, 0.2) is 5.11 Å². The summed E-state index contributed by atoms with van der Waals surface area (Å²) >= 11 is 23.6. The van der Waals surface area contributed by atoms with Crippen molar-refractivity contribution >= 4 is 74.8 Å². The molecule has 0 aliphatic heterocycles. The molecule has 0 atom stereocenters. The highest BCUT2D eigenvalue weighted by Crippen LogP contribution is 2.28. The summed E-state index contributed by atoms with van der Waals surface area (Å²) in [5.41, 5.74) is 2.74. The third-order valence-corrected chi connectivity index (χ3v) is 5.46. The number of nitrogens with zero attached hydrogens (tertiary/aromatic N) is 3. The Labute approximate surface area is 191 Å². The molecule has 0 aliphatic rings. The fourth-order valence-electron chi connectivity index (χ4n) is 2.71. The van der Waals surface area contributed by atoms with Gasteiger partial charge in [-0.2, -0.15) is 4.80 Å². The van der Waals surface area contributed by atoms with Crippen molar-refractivity contribution in [2.45, 2.75) is 0 Å². The maximum Gasteiger partial charge on any atom is 0.258 e. The summed E-state index contributed by atoms with van der Waals surface area (Å²) in [6.07, 6.45) is 0. The van der Waals surface area contributed by atoms with Gasteiger partial charge >= 0.3 is 0 Å². The molecule has 1 amide bonds. The lowest BCUT2D eigenvalue weighted by atomic mass is 10.2. The molecule has 4 aromatic rings. The Balaban J connectivity index is 1.54. The van der Waals surface area contributed by atoms with Crippen LogP contribution >= 0.6 is 47.0 Å². The first-order valence-corrected chi connectivity index (χ1v) is 10.1. The Morgan fingerprint density at radius 1 is 0.900 bits per heavy atom. The number of hydrogen-bond donors (Lipinski definition) is 2. The molecule has 4 rings (SSSR count). The lowest BCUT2D eigenvalue weighted by Gasteiger charge is -2.11. The van der Waals surface area contributed by atoms with E-state index in [0.717, 1.165) is 5.69 Å². The molecule has 2 N–H and O–H groups in total. The molecule has 1 aromatic heterocycles. The molecule has 0 bridgehead atoms. The van der Waals surface area contributed by atoms with Crippen LogP contribution in [0.25, 0.3) is 16.7 Å². The van der Waals surface area contributed by atoms with Crippen LogP contribution < -0.4 is 10.6 Å². The van der Waals surface area contributed by atoms with E-state index >= 15 is 0 Å². The fraction of sp³-hybridized carbons (Fsp3) is 0. The number of anilines is 1. The largest absolute Gasteiger partial charge is 0.331 e. The van der Waals surface area contributed by atoms with Gasteiger partial charge in [0, 0.05) is 0 Å². The molecule has 0 unspecified atom stereocenters. The molecule has 150 valence electrons. The number of halogens is 3. The monoisotopic (exact) mass is 475 g/mol. The molecule has 0 radical (unpaired) electrons. The fourth-order valence-corrected chi connectivity index (χ4v) is 3.51. The normalized spacial score (nSPS) is 10.8. The molecular weight excluding hydrogens is 465 g/mol. The second kappa shape index (κ2) is 8.57. The molecule has 0 spiro atoms. The van der Waals surface area contributed by atoms with E-state index in [1.165, 1.54) is 4.80 Å². The van der Waals surface area contributed by atoms with E-state index < -0.39 is 5.91 Å². The van der Waals surface area contributed by atoms with Crippen molar-refractivity contribution in [3.63, 3.8) is 0 Å². The van der Waals surface area contributed by atoms with Crippen LogP contribution in [-0.2, 0) is 0 Å². The van der Waals surface area contributed by atoms with Crippen molar-refractivity contribution in [3.8, 4) is 5.69 Å². The summed E-state index contributed by atoms with van der Waals surface area (Å²) < 4.78 is 0. The smallest absolute Gasteiger partial charge is 0.258 e. The number of fused-ring (bicyclic) bond motifs is 1. The van der Waals surface area contributed by atoms with Crippen LogP contribution in [0.4, 0.5) is 5.69 Å². The standard InChI is InChI=1S/C20H12Cl3N5OS/c21-13-8-4-7-12(18(13)23)19(29)25-20(30)24-15-10-17-16(9-14(15)22)26-28(27-17)11-5-2-1-3-6-11/h1-10H,(H2,24,25,29,30). The Morgan fingerprint density at radius 3 is 2.33 bits per heavy atom. The van der Waals surface area contributed by atoms with Crippen molar-refractivity contribution in [2.24, 2.45) is 0 Å². The highest BCUT2D eigenvalue weighted by atomic mass is 35.5. The van der Waals surface area contributed by atoms with Crippen LogP contribution in [0.2, 0.25) is 15.1 Å². The van der Waals surface area contributed by atoms with Crippen molar-refractivity contribution in [1.29, 1.82) is 0 Å². The molecule has 3 aromatic carbocycles. The Morgan fingerprint density at radius 2 is 1.60 bits per heavy atom. The Kier molecular flexibility index (Phi) is 5.87. The first-order valence-electron chi connectivity index (χ1n) is 8.61. The minimum atomic E-state index is -0.493. The predicted octanol–water partition coefficient (Wildman–Crippen LogP) is 5.51. The van der Waals surface area contributed by atoms with Crippen LogP contribution in [0, 0.1) is 0 Å². The van der Waals surface area contributed by atoms with E-state index in [2.05, 4.69) is 20.8 Å². The minimum absolute atomic E-state index is 0.0488. The van der Waals surface area contributed by atoms with Crippen molar-refractivity contribution in [1.82, 2.24) is 20.3 Å². The maximum absolute atomic E-state index is 12.4. The number of benzene rings is 3. The van der Waals surface area contributed by atoms with Crippen molar-refractivity contribution in [3.05, 3.63) is 81.3 Å². The Bertz CT molecular complexity index is 1280. The van der Waals surface area contributed by atoms with E-state index in [4.69, 9.17) is 47.0 Å². The summed E-state index contributed by atoms with van der Waals surface area (Å²) in [6.45, 7) is 0. The average molecular weight is 477 g/mol. The summed E-state index contributed by atoms with van der Waals surface area (Å²) in [7, 11) is 0. The first-order chi connectivity index (χ1) is 14.4. The van der Waals surface area contributed by atoms with E-state index in [1.807, 2.05) is 30.3 Å². The lowest BCUT2D eigenvalue weighted by molar-refractivity contribution is 0.0978. The molecule has 0 fully saturated rings. The van der Waals surface area contributed by atoms with Gasteiger partial charge in [-0.05, 0) is 48.6 Å². The molecule has 0 saturated heterocycles. The third kappa shape index (κ3) is 4.24. The van der Waals surface area contributed by atoms with E-state index in [1.54, 1.807) is 30.3 Å². The van der Waals surface area contributed by atoms with Crippen LogP contribution in [0.5, 0.6) is 0 Å². The number of para-hydroxylation sites is 1. The van der Waals surface area contributed by atoms with Gasteiger partial charge in [0.2, 0.25) is 0 Å². The van der Waals surface area contributed by atoms with Crippen LogP contribution in [0.15, 0.2) is 60.7 Å².